The second-order valence-electron chi connectivity index (χ2n) is 6.06. The number of imide groups is 1. The van der Waals surface area contributed by atoms with Crippen LogP contribution in [0.3, 0.4) is 0 Å². The van der Waals surface area contributed by atoms with Gasteiger partial charge in [0.1, 0.15) is 0 Å². The van der Waals surface area contributed by atoms with Crippen LogP contribution in [0.25, 0.3) is 32.3 Å². The summed E-state index contributed by atoms with van der Waals surface area (Å²) in [5.41, 5.74) is 0.711. The third-order valence-corrected chi connectivity index (χ3v) is 4.80. The Balaban J connectivity index is 1.95. The fraction of sp³-hybridized carbons (Fsp3) is 0.100. The highest BCUT2D eigenvalue weighted by Gasteiger charge is 2.31. The van der Waals surface area contributed by atoms with E-state index in [1.807, 2.05) is 18.2 Å². The maximum Gasteiger partial charge on any atom is 0.234 e. The molecule has 0 aliphatic carbocycles. The summed E-state index contributed by atoms with van der Waals surface area (Å²) in [6.07, 6.45) is 0.613. The SMILES string of the molecule is O=C1CCC(=O)N1c1ccc2ccc3cccc4ccc1c2c34. The molecule has 5 rings (SSSR count). The van der Waals surface area contributed by atoms with E-state index < -0.39 is 0 Å². The summed E-state index contributed by atoms with van der Waals surface area (Å²) in [5, 5.41) is 6.78. The Labute approximate surface area is 132 Å². The standard InChI is InChI=1S/C20H13NO2/c22-17-10-11-18(23)21(17)16-9-7-14-5-4-12-2-1-3-13-6-8-15(16)20(14)19(12)13/h1-9H,10-11H2. The molecule has 0 unspecified atom stereocenters. The van der Waals surface area contributed by atoms with Crippen molar-refractivity contribution in [1.29, 1.82) is 0 Å². The molecule has 0 atom stereocenters. The van der Waals surface area contributed by atoms with Gasteiger partial charge < -0.3 is 0 Å². The smallest absolute Gasteiger partial charge is 0.234 e. The topological polar surface area (TPSA) is 37.4 Å². The first kappa shape index (κ1) is 12.6. The molecule has 1 aliphatic rings. The molecule has 0 spiro atoms. The summed E-state index contributed by atoms with van der Waals surface area (Å²) < 4.78 is 0. The van der Waals surface area contributed by atoms with Gasteiger partial charge in [-0.2, -0.15) is 0 Å². The maximum absolute atomic E-state index is 12.1. The lowest BCUT2D eigenvalue weighted by Gasteiger charge is -2.19. The zero-order valence-corrected chi connectivity index (χ0v) is 12.4. The van der Waals surface area contributed by atoms with E-state index in [2.05, 4.69) is 36.4 Å². The van der Waals surface area contributed by atoms with Crippen molar-refractivity contribution >= 4 is 49.8 Å². The molecule has 0 aromatic heterocycles. The molecule has 3 nitrogen and oxygen atoms in total. The number of benzene rings is 4. The first-order chi connectivity index (χ1) is 11.2. The zero-order valence-electron chi connectivity index (χ0n) is 12.4. The van der Waals surface area contributed by atoms with Gasteiger partial charge in [0.25, 0.3) is 0 Å². The summed E-state index contributed by atoms with van der Waals surface area (Å²) in [6.45, 7) is 0. The number of carbonyl (C=O) groups excluding carboxylic acids is 2. The predicted octanol–water partition coefficient (Wildman–Crippen LogP) is 4.24. The molecule has 4 aromatic rings. The Hall–Kier alpha value is -2.94. The van der Waals surface area contributed by atoms with Crippen molar-refractivity contribution in [3.8, 4) is 0 Å². The number of anilines is 1. The van der Waals surface area contributed by atoms with Crippen LogP contribution in [0.1, 0.15) is 12.8 Å². The molecular weight excluding hydrogens is 286 g/mol. The molecule has 3 heteroatoms. The van der Waals surface area contributed by atoms with Gasteiger partial charge in [-0.15, -0.1) is 0 Å². The largest absolute Gasteiger partial charge is 0.274 e. The van der Waals surface area contributed by atoms with E-state index in [9.17, 15) is 9.59 Å². The van der Waals surface area contributed by atoms with Crippen LogP contribution in [0.4, 0.5) is 5.69 Å². The van der Waals surface area contributed by atoms with Crippen LogP contribution in [-0.2, 0) is 9.59 Å². The third-order valence-electron chi connectivity index (χ3n) is 4.80. The van der Waals surface area contributed by atoms with Crippen molar-refractivity contribution in [2.75, 3.05) is 4.90 Å². The first-order valence-electron chi connectivity index (χ1n) is 7.76. The van der Waals surface area contributed by atoms with Gasteiger partial charge in [0.15, 0.2) is 0 Å². The van der Waals surface area contributed by atoms with Crippen LogP contribution < -0.4 is 4.90 Å². The number of hydrogen-bond acceptors (Lipinski definition) is 2. The van der Waals surface area contributed by atoms with Gasteiger partial charge >= 0.3 is 0 Å². The lowest BCUT2D eigenvalue weighted by Crippen LogP contribution is -2.28. The molecule has 0 bridgehead atoms. The van der Waals surface area contributed by atoms with E-state index >= 15 is 0 Å². The van der Waals surface area contributed by atoms with Crippen molar-refractivity contribution in [2.24, 2.45) is 0 Å². The monoisotopic (exact) mass is 299 g/mol. The summed E-state index contributed by atoms with van der Waals surface area (Å²) >= 11 is 0. The van der Waals surface area contributed by atoms with Crippen LogP contribution in [0.5, 0.6) is 0 Å². The number of amides is 2. The zero-order chi connectivity index (χ0) is 15.6. The Bertz CT molecular complexity index is 1080. The molecule has 0 N–H and O–H groups in total. The molecule has 0 saturated carbocycles. The van der Waals surface area contributed by atoms with Crippen molar-refractivity contribution in [3.63, 3.8) is 0 Å². The van der Waals surface area contributed by atoms with Gasteiger partial charge in [-0.3, -0.25) is 9.59 Å². The molecule has 1 saturated heterocycles. The molecule has 1 aliphatic heterocycles. The summed E-state index contributed by atoms with van der Waals surface area (Å²) in [4.78, 5) is 25.7. The molecule has 110 valence electrons. The second-order valence-corrected chi connectivity index (χ2v) is 6.06. The molecule has 1 heterocycles. The minimum absolute atomic E-state index is 0.106. The highest BCUT2D eigenvalue weighted by molar-refractivity contribution is 6.29. The van der Waals surface area contributed by atoms with E-state index in [1.54, 1.807) is 0 Å². The van der Waals surface area contributed by atoms with Gasteiger partial charge in [0.05, 0.1) is 5.69 Å². The average Bonchev–Trinajstić information content (AvgIpc) is 2.91. The highest BCUT2D eigenvalue weighted by atomic mass is 16.2. The molecule has 4 aromatic carbocycles. The Morgan fingerprint density at radius 3 is 1.91 bits per heavy atom. The van der Waals surface area contributed by atoms with Crippen molar-refractivity contribution < 1.29 is 9.59 Å². The third kappa shape index (κ3) is 1.59. The fourth-order valence-electron chi connectivity index (χ4n) is 3.76. The van der Waals surface area contributed by atoms with Crippen molar-refractivity contribution in [1.82, 2.24) is 0 Å². The van der Waals surface area contributed by atoms with E-state index in [4.69, 9.17) is 0 Å². The molecule has 2 amide bonds. The van der Waals surface area contributed by atoms with Gasteiger partial charge in [-0.05, 0) is 33.0 Å². The van der Waals surface area contributed by atoms with Crippen molar-refractivity contribution in [2.45, 2.75) is 12.8 Å². The fourth-order valence-corrected chi connectivity index (χ4v) is 3.76. The highest BCUT2D eigenvalue weighted by Crippen LogP contribution is 2.39. The van der Waals surface area contributed by atoms with Gasteiger partial charge in [-0.1, -0.05) is 48.5 Å². The summed E-state index contributed by atoms with van der Waals surface area (Å²) in [6, 6.07) is 18.5. The first-order valence-corrected chi connectivity index (χ1v) is 7.76. The van der Waals surface area contributed by atoms with Gasteiger partial charge in [0, 0.05) is 18.2 Å². The Kier molecular flexibility index (Phi) is 2.35. The van der Waals surface area contributed by atoms with E-state index in [0.717, 1.165) is 16.2 Å². The van der Waals surface area contributed by atoms with Crippen LogP contribution >= 0.6 is 0 Å². The Morgan fingerprint density at radius 1 is 0.652 bits per heavy atom. The minimum Gasteiger partial charge on any atom is -0.274 e. The molecule has 0 radical (unpaired) electrons. The number of rotatable bonds is 1. The van der Waals surface area contributed by atoms with Crippen LogP contribution in [0.2, 0.25) is 0 Å². The summed E-state index contributed by atoms with van der Waals surface area (Å²) in [5.74, 6) is -0.213. The lowest BCUT2D eigenvalue weighted by molar-refractivity contribution is -0.121. The molecule has 1 fully saturated rings. The van der Waals surface area contributed by atoms with Gasteiger partial charge in [-0.25, -0.2) is 4.90 Å². The normalized spacial score (nSPS) is 15.6. The number of carbonyl (C=O) groups is 2. The van der Waals surface area contributed by atoms with Gasteiger partial charge in [0.2, 0.25) is 11.8 Å². The number of hydrogen-bond donors (Lipinski definition) is 0. The van der Waals surface area contributed by atoms with E-state index in [1.165, 1.54) is 21.1 Å². The molecular formula is C20H13NO2. The van der Waals surface area contributed by atoms with Crippen LogP contribution in [0.15, 0.2) is 54.6 Å². The predicted molar refractivity (Wildman–Crippen MR) is 91.9 cm³/mol. The Morgan fingerprint density at radius 2 is 1.22 bits per heavy atom. The average molecular weight is 299 g/mol. The lowest BCUT2D eigenvalue weighted by atomic mass is 9.93. The minimum atomic E-state index is -0.106. The maximum atomic E-state index is 12.1. The summed E-state index contributed by atoms with van der Waals surface area (Å²) in [7, 11) is 0. The second kappa shape index (κ2) is 4.29. The van der Waals surface area contributed by atoms with Crippen LogP contribution in [0, 0.1) is 0 Å². The van der Waals surface area contributed by atoms with E-state index in [0.29, 0.717) is 18.5 Å². The van der Waals surface area contributed by atoms with E-state index in [-0.39, 0.29) is 11.8 Å². The number of nitrogens with zero attached hydrogens (tertiary/aromatic N) is 1. The molecule has 23 heavy (non-hydrogen) atoms. The quantitative estimate of drug-likeness (QED) is 0.389. The van der Waals surface area contributed by atoms with Crippen molar-refractivity contribution in [3.05, 3.63) is 54.6 Å². The van der Waals surface area contributed by atoms with Crippen LogP contribution in [-0.4, -0.2) is 11.8 Å².